The van der Waals surface area contributed by atoms with E-state index >= 15 is 4.39 Å². The van der Waals surface area contributed by atoms with Gasteiger partial charge >= 0.3 is 0 Å². The fraction of sp³-hybridized carbons (Fsp3) is 0.586. The minimum absolute atomic E-state index is 0.148. The third-order valence-corrected chi connectivity index (χ3v) is 7.92. The SMILES string of the molecule is CCC/C=C\C=C1/NCCN1Cc1ccc(C2(NOC3CCCC3C(C)CC)C=CC2)cc1F. The highest BCUT2D eigenvalue weighted by atomic mass is 19.1. The van der Waals surface area contributed by atoms with E-state index in [1.165, 1.54) is 19.3 Å². The Morgan fingerprint density at radius 1 is 1.32 bits per heavy atom. The molecule has 186 valence electrons. The number of allylic oxidation sites excluding steroid dienone is 3. The maximum atomic E-state index is 15.3. The van der Waals surface area contributed by atoms with Gasteiger partial charge in [0.15, 0.2) is 0 Å². The van der Waals surface area contributed by atoms with Gasteiger partial charge in [-0.1, -0.05) is 76.5 Å². The summed E-state index contributed by atoms with van der Waals surface area (Å²) >= 11 is 0. The number of nitrogens with zero attached hydrogens (tertiary/aromatic N) is 1. The molecule has 0 aromatic heterocycles. The molecule has 0 amide bonds. The van der Waals surface area contributed by atoms with E-state index in [4.69, 9.17) is 4.84 Å². The summed E-state index contributed by atoms with van der Waals surface area (Å²) < 4.78 is 15.3. The number of rotatable bonds is 11. The van der Waals surface area contributed by atoms with Crippen LogP contribution in [-0.4, -0.2) is 24.1 Å². The van der Waals surface area contributed by atoms with Crippen LogP contribution in [0, 0.1) is 17.7 Å². The van der Waals surface area contributed by atoms with Crippen LogP contribution >= 0.6 is 0 Å². The summed E-state index contributed by atoms with van der Waals surface area (Å²) in [4.78, 5) is 8.50. The average Bonchev–Trinajstić information content (AvgIpc) is 3.46. The lowest BCUT2D eigenvalue weighted by Gasteiger charge is -2.38. The highest BCUT2D eigenvalue weighted by Gasteiger charge is 2.38. The molecule has 2 fully saturated rings. The van der Waals surface area contributed by atoms with Crippen molar-refractivity contribution in [1.29, 1.82) is 0 Å². The molecule has 0 bridgehead atoms. The Kier molecular flexibility index (Phi) is 8.49. The monoisotopic (exact) mass is 467 g/mol. The van der Waals surface area contributed by atoms with E-state index < -0.39 is 5.54 Å². The van der Waals surface area contributed by atoms with E-state index in [-0.39, 0.29) is 11.9 Å². The van der Waals surface area contributed by atoms with E-state index in [2.05, 4.69) is 72.9 Å². The lowest BCUT2D eigenvalue weighted by Crippen LogP contribution is -2.46. The second kappa shape index (κ2) is 11.5. The smallest absolute Gasteiger partial charge is 0.128 e. The van der Waals surface area contributed by atoms with Crippen LogP contribution < -0.4 is 10.8 Å². The summed E-state index contributed by atoms with van der Waals surface area (Å²) in [6, 6.07) is 5.71. The summed E-state index contributed by atoms with van der Waals surface area (Å²) in [6.07, 6.45) is 18.6. The van der Waals surface area contributed by atoms with Gasteiger partial charge < -0.3 is 10.2 Å². The number of benzene rings is 1. The molecule has 4 rings (SSSR count). The van der Waals surface area contributed by atoms with Crippen molar-refractivity contribution >= 4 is 0 Å². The van der Waals surface area contributed by atoms with Crippen molar-refractivity contribution in [1.82, 2.24) is 15.7 Å². The molecule has 4 unspecified atom stereocenters. The van der Waals surface area contributed by atoms with Crippen molar-refractivity contribution in [2.75, 3.05) is 13.1 Å². The number of halogens is 1. The Bertz CT molecular complexity index is 911. The molecule has 3 aliphatic rings. The quantitative estimate of drug-likeness (QED) is 0.295. The first kappa shape index (κ1) is 25.0. The summed E-state index contributed by atoms with van der Waals surface area (Å²) in [7, 11) is 0. The molecule has 1 saturated carbocycles. The molecule has 0 spiro atoms. The van der Waals surface area contributed by atoms with Crippen molar-refractivity contribution in [2.24, 2.45) is 11.8 Å². The van der Waals surface area contributed by atoms with Gasteiger partial charge in [0.1, 0.15) is 11.6 Å². The van der Waals surface area contributed by atoms with Crippen LogP contribution in [0.4, 0.5) is 4.39 Å². The van der Waals surface area contributed by atoms with Gasteiger partial charge in [-0.25, -0.2) is 4.39 Å². The highest BCUT2D eigenvalue weighted by Crippen LogP contribution is 2.39. The number of hydroxylamine groups is 1. The Labute approximate surface area is 205 Å². The minimum Gasteiger partial charge on any atom is -0.370 e. The van der Waals surface area contributed by atoms with Crippen LogP contribution in [0.2, 0.25) is 0 Å². The predicted molar refractivity (Wildman–Crippen MR) is 137 cm³/mol. The van der Waals surface area contributed by atoms with E-state index in [0.717, 1.165) is 55.7 Å². The van der Waals surface area contributed by atoms with Crippen LogP contribution in [0.15, 0.2) is 54.4 Å². The van der Waals surface area contributed by atoms with Crippen LogP contribution in [0.25, 0.3) is 0 Å². The lowest BCUT2D eigenvalue weighted by molar-refractivity contribution is -0.0897. The zero-order valence-electron chi connectivity index (χ0n) is 21.2. The first-order chi connectivity index (χ1) is 16.6. The molecule has 1 aromatic rings. The van der Waals surface area contributed by atoms with Gasteiger partial charge in [-0.15, -0.1) is 0 Å². The van der Waals surface area contributed by atoms with Gasteiger partial charge in [-0.05, 0) is 55.2 Å². The first-order valence-electron chi connectivity index (χ1n) is 13.3. The largest absolute Gasteiger partial charge is 0.370 e. The average molecular weight is 468 g/mol. The molecule has 34 heavy (non-hydrogen) atoms. The van der Waals surface area contributed by atoms with Gasteiger partial charge in [0, 0.05) is 25.2 Å². The van der Waals surface area contributed by atoms with Crippen molar-refractivity contribution < 1.29 is 9.23 Å². The molecule has 4 nitrogen and oxygen atoms in total. The molecule has 1 saturated heterocycles. The number of unbranched alkanes of at least 4 members (excludes halogenated alkanes) is 1. The van der Waals surface area contributed by atoms with Crippen molar-refractivity contribution in [3.63, 3.8) is 0 Å². The Morgan fingerprint density at radius 3 is 2.88 bits per heavy atom. The third-order valence-electron chi connectivity index (χ3n) is 7.92. The topological polar surface area (TPSA) is 36.5 Å². The van der Waals surface area contributed by atoms with Gasteiger partial charge in [0.25, 0.3) is 0 Å². The second-order valence-electron chi connectivity index (χ2n) is 10.2. The maximum Gasteiger partial charge on any atom is 0.128 e. The number of nitrogens with one attached hydrogen (secondary N) is 2. The Balaban J connectivity index is 1.41. The lowest BCUT2D eigenvalue weighted by atomic mass is 9.79. The van der Waals surface area contributed by atoms with Crippen LogP contribution in [0.5, 0.6) is 0 Å². The van der Waals surface area contributed by atoms with Gasteiger partial charge in [-0.3, -0.25) is 4.84 Å². The van der Waals surface area contributed by atoms with Crippen molar-refractivity contribution in [2.45, 2.75) is 83.9 Å². The maximum absolute atomic E-state index is 15.3. The van der Waals surface area contributed by atoms with Crippen molar-refractivity contribution in [3.8, 4) is 0 Å². The molecular weight excluding hydrogens is 425 g/mol. The molecule has 1 heterocycles. The van der Waals surface area contributed by atoms with E-state index in [9.17, 15) is 0 Å². The fourth-order valence-electron chi connectivity index (χ4n) is 5.40. The molecular formula is C29H42FN3O. The molecule has 4 atom stereocenters. The van der Waals surface area contributed by atoms with E-state index in [1.807, 2.05) is 6.07 Å². The highest BCUT2D eigenvalue weighted by molar-refractivity contribution is 5.38. The molecule has 1 aromatic carbocycles. The fourth-order valence-corrected chi connectivity index (χ4v) is 5.40. The number of hydrogen-bond acceptors (Lipinski definition) is 4. The summed E-state index contributed by atoms with van der Waals surface area (Å²) in [5.41, 5.74) is 4.61. The molecule has 0 radical (unpaired) electrons. The molecule has 2 aliphatic carbocycles. The van der Waals surface area contributed by atoms with Gasteiger partial charge in [0.2, 0.25) is 0 Å². The molecule has 5 heteroatoms. The summed E-state index contributed by atoms with van der Waals surface area (Å²) in [5, 5.41) is 3.41. The van der Waals surface area contributed by atoms with Gasteiger partial charge in [0.05, 0.1) is 11.6 Å². The predicted octanol–water partition coefficient (Wildman–Crippen LogP) is 6.32. The van der Waals surface area contributed by atoms with Crippen molar-refractivity contribution in [3.05, 3.63) is 71.3 Å². The second-order valence-corrected chi connectivity index (χ2v) is 10.2. The Morgan fingerprint density at radius 2 is 2.18 bits per heavy atom. The van der Waals surface area contributed by atoms with Crippen LogP contribution in [-0.2, 0) is 16.9 Å². The van der Waals surface area contributed by atoms with E-state index in [0.29, 0.717) is 18.4 Å². The molecule has 2 N–H and O–H groups in total. The third kappa shape index (κ3) is 5.58. The Hall–Kier alpha value is -2.11. The molecule has 1 aliphatic heterocycles. The summed E-state index contributed by atoms with van der Waals surface area (Å²) in [6.45, 7) is 9.10. The normalized spacial score (nSPS) is 28.6. The number of hydrogen-bond donors (Lipinski definition) is 2. The summed E-state index contributed by atoms with van der Waals surface area (Å²) in [5.74, 6) is 2.19. The van der Waals surface area contributed by atoms with Crippen LogP contribution in [0.3, 0.4) is 0 Å². The minimum atomic E-state index is -0.424. The van der Waals surface area contributed by atoms with Crippen LogP contribution in [0.1, 0.15) is 76.8 Å². The zero-order valence-corrected chi connectivity index (χ0v) is 21.2. The standard InChI is InChI=1S/C29H42FN3O/c1-4-6-7-8-13-28-31-18-19-33(28)21-23-14-15-24(20-26(23)30)29(16-10-17-29)32-34-27-12-9-11-25(27)22(3)5-2/h7-8,10,13-16,20,22,25,27,31-32H,4-6,9,11-12,17-19,21H2,1-3H3/b8-7-,28-13+. The zero-order chi connectivity index (χ0) is 24.0. The van der Waals surface area contributed by atoms with Gasteiger partial charge in [-0.2, -0.15) is 5.48 Å². The van der Waals surface area contributed by atoms with E-state index in [1.54, 1.807) is 6.07 Å². The first-order valence-corrected chi connectivity index (χ1v) is 13.3.